The molecule has 0 fully saturated rings. The molecular formula is C20H25NO2. The van der Waals surface area contributed by atoms with Gasteiger partial charge in [-0.2, -0.15) is 0 Å². The fourth-order valence-electron chi connectivity index (χ4n) is 2.57. The summed E-state index contributed by atoms with van der Waals surface area (Å²) < 4.78 is 5.93. The summed E-state index contributed by atoms with van der Waals surface area (Å²) in [6.07, 6.45) is 1.00. The van der Waals surface area contributed by atoms with Crippen molar-refractivity contribution in [3.63, 3.8) is 0 Å². The minimum absolute atomic E-state index is 0.0975. The molecule has 2 rings (SSSR count). The normalized spacial score (nSPS) is 11.8. The molecule has 0 radical (unpaired) electrons. The molecule has 0 saturated carbocycles. The molecule has 3 heteroatoms. The second kappa shape index (κ2) is 7.82. The van der Waals surface area contributed by atoms with Crippen LogP contribution < -0.4 is 10.1 Å². The zero-order chi connectivity index (χ0) is 16.8. The average molecular weight is 311 g/mol. The van der Waals surface area contributed by atoms with Crippen molar-refractivity contribution in [2.24, 2.45) is 0 Å². The minimum atomic E-state index is -0.500. The van der Waals surface area contributed by atoms with Crippen LogP contribution in [0.3, 0.4) is 0 Å². The monoisotopic (exact) mass is 311 g/mol. The van der Waals surface area contributed by atoms with Crippen LogP contribution in [0.1, 0.15) is 37.0 Å². The Morgan fingerprint density at radius 2 is 1.74 bits per heavy atom. The maximum atomic E-state index is 12.6. The molecule has 1 N–H and O–H groups in total. The summed E-state index contributed by atoms with van der Waals surface area (Å²) in [5, 5.41) is 3.06. The first-order chi connectivity index (χ1) is 11.1. The van der Waals surface area contributed by atoms with Gasteiger partial charge in [0.15, 0.2) is 6.10 Å². The molecule has 3 nitrogen and oxygen atoms in total. The molecule has 0 aliphatic rings. The zero-order valence-corrected chi connectivity index (χ0v) is 14.3. The van der Waals surface area contributed by atoms with Gasteiger partial charge in [0.1, 0.15) is 5.75 Å². The van der Waals surface area contributed by atoms with Gasteiger partial charge in [-0.1, -0.05) is 50.2 Å². The highest BCUT2D eigenvalue weighted by Crippen LogP contribution is 2.23. The molecule has 0 unspecified atom stereocenters. The van der Waals surface area contributed by atoms with E-state index in [1.54, 1.807) is 0 Å². The van der Waals surface area contributed by atoms with Crippen molar-refractivity contribution in [1.29, 1.82) is 0 Å². The lowest BCUT2D eigenvalue weighted by atomic mass is 10.1. The molecule has 0 bridgehead atoms. The minimum Gasteiger partial charge on any atom is -0.480 e. The van der Waals surface area contributed by atoms with Crippen molar-refractivity contribution in [1.82, 2.24) is 0 Å². The van der Waals surface area contributed by atoms with E-state index in [9.17, 15) is 4.79 Å². The number of rotatable bonds is 6. The van der Waals surface area contributed by atoms with E-state index in [1.165, 1.54) is 0 Å². The molecule has 1 atom stereocenters. The number of carbonyl (C=O) groups excluding carboxylic acids is 1. The van der Waals surface area contributed by atoms with Gasteiger partial charge >= 0.3 is 0 Å². The van der Waals surface area contributed by atoms with Gasteiger partial charge in [-0.05, 0) is 49.4 Å². The lowest BCUT2D eigenvalue weighted by Gasteiger charge is -2.20. The molecule has 2 aromatic carbocycles. The predicted octanol–water partition coefficient (Wildman–Crippen LogP) is 4.66. The molecule has 0 spiro atoms. The highest BCUT2D eigenvalue weighted by atomic mass is 16.5. The molecule has 0 heterocycles. The number of hydrogen-bond acceptors (Lipinski definition) is 2. The second-order valence-electron chi connectivity index (χ2n) is 5.73. The van der Waals surface area contributed by atoms with Crippen molar-refractivity contribution < 1.29 is 9.53 Å². The third kappa shape index (κ3) is 4.13. The van der Waals surface area contributed by atoms with Crippen LogP contribution in [0.25, 0.3) is 0 Å². The van der Waals surface area contributed by atoms with Crippen molar-refractivity contribution >= 4 is 11.6 Å². The number of amides is 1. The van der Waals surface area contributed by atoms with Gasteiger partial charge in [0.05, 0.1) is 0 Å². The number of hydrogen-bond donors (Lipinski definition) is 1. The van der Waals surface area contributed by atoms with E-state index in [0.29, 0.717) is 6.42 Å². The average Bonchev–Trinajstić information content (AvgIpc) is 2.55. The zero-order valence-electron chi connectivity index (χ0n) is 14.3. The first-order valence-electron chi connectivity index (χ1n) is 8.18. The second-order valence-corrected chi connectivity index (χ2v) is 5.73. The van der Waals surface area contributed by atoms with E-state index in [0.717, 1.165) is 34.5 Å². The van der Waals surface area contributed by atoms with Gasteiger partial charge in [-0.25, -0.2) is 0 Å². The Kier molecular flexibility index (Phi) is 5.80. The summed E-state index contributed by atoms with van der Waals surface area (Å²) in [7, 11) is 0. The van der Waals surface area contributed by atoms with Crippen molar-refractivity contribution in [3.05, 3.63) is 59.2 Å². The van der Waals surface area contributed by atoms with Gasteiger partial charge in [-0.3, -0.25) is 4.79 Å². The van der Waals surface area contributed by atoms with Crippen LogP contribution in [0.15, 0.2) is 42.5 Å². The molecule has 0 aliphatic carbocycles. The van der Waals surface area contributed by atoms with Crippen LogP contribution in [0.2, 0.25) is 0 Å². The summed E-state index contributed by atoms with van der Waals surface area (Å²) in [4.78, 5) is 12.6. The topological polar surface area (TPSA) is 38.3 Å². The Morgan fingerprint density at radius 3 is 2.39 bits per heavy atom. The Balaban J connectivity index is 2.17. The maximum Gasteiger partial charge on any atom is 0.265 e. The molecule has 0 aliphatic heterocycles. The van der Waals surface area contributed by atoms with Gasteiger partial charge in [0.25, 0.3) is 5.91 Å². The first kappa shape index (κ1) is 17.1. The highest BCUT2D eigenvalue weighted by molar-refractivity contribution is 5.95. The molecule has 23 heavy (non-hydrogen) atoms. The Bertz CT molecular complexity index is 679. The molecule has 1 amide bonds. The Morgan fingerprint density at radius 1 is 1.04 bits per heavy atom. The standard InChI is InChI=1S/C20H25NO2/c1-5-16-12-9-11-15(4)19(16)21-20(22)17(6-2)23-18-13-8-7-10-14(18)3/h7-13,17H,5-6H2,1-4H3,(H,21,22)/t17-/m1/s1. The van der Waals surface area contributed by atoms with E-state index < -0.39 is 6.10 Å². The summed E-state index contributed by atoms with van der Waals surface area (Å²) in [5.41, 5.74) is 4.16. The molecular weight excluding hydrogens is 286 g/mol. The van der Waals surface area contributed by atoms with E-state index in [1.807, 2.05) is 63.2 Å². The van der Waals surface area contributed by atoms with Crippen molar-refractivity contribution in [2.75, 3.05) is 5.32 Å². The van der Waals surface area contributed by atoms with E-state index in [2.05, 4.69) is 12.2 Å². The van der Waals surface area contributed by atoms with Gasteiger partial charge in [-0.15, -0.1) is 0 Å². The number of aryl methyl sites for hydroxylation is 3. The first-order valence-corrected chi connectivity index (χ1v) is 8.18. The van der Waals surface area contributed by atoms with Crippen molar-refractivity contribution in [3.8, 4) is 5.75 Å². The lowest BCUT2D eigenvalue weighted by Crippen LogP contribution is -2.33. The number of anilines is 1. The van der Waals surface area contributed by atoms with E-state index in [4.69, 9.17) is 4.74 Å². The van der Waals surface area contributed by atoms with E-state index >= 15 is 0 Å². The number of carbonyl (C=O) groups is 1. The predicted molar refractivity (Wildman–Crippen MR) is 95.1 cm³/mol. The summed E-state index contributed by atoms with van der Waals surface area (Å²) >= 11 is 0. The Hall–Kier alpha value is -2.29. The third-order valence-electron chi connectivity index (χ3n) is 4.01. The number of nitrogens with one attached hydrogen (secondary N) is 1. The molecule has 122 valence electrons. The third-order valence-corrected chi connectivity index (χ3v) is 4.01. The number of para-hydroxylation sites is 2. The van der Waals surface area contributed by atoms with Gasteiger partial charge < -0.3 is 10.1 Å². The van der Waals surface area contributed by atoms with Crippen LogP contribution in [0.5, 0.6) is 5.75 Å². The number of benzene rings is 2. The molecule has 0 saturated heterocycles. The van der Waals surface area contributed by atoms with Crippen molar-refractivity contribution in [2.45, 2.75) is 46.6 Å². The van der Waals surface area contributed by atoms with Crippen LogP contribution >= 0.6 is 0 Å². The lowest BCUT2D eigenvalue weighted by molar-refractivity contribution is -0.122. The Labute approximate surface area is 138 Å². The maximum absolute atomic E-state index is 12.6. The summed E-state index contributed by atoms with van der Waals surface area (Å²) in [6, 6.07) is 13.8. The summed E-state index contributed by atoms with van der Waals surface area (Å²) in [5.74, 6) is 0.662. The SMILES string of the molecule is CCc1cccc(C)c1NC(=O)[C@@H](CC)Oc1ccccc1C. The van der Waals surface area contributed by atoms with Gasteiger partial charge in [0, 0.05) is 5.69 Å². The van der Waals surface area contributed by atoms with E-state index in [-0.39, 0.29) is 5.91 Å². The van der Waals surface area contributed by atoms with Gasteiger partial charge in [0.2, 0.25) is 0 Å². The molecule has 2 aromatic rings. The smallest absolute Gasteiger partial charge is 0.265 e. The van der Waals surface area contributed by atoms with Crippen LogP contribution in [-0.4, -0.2) is 12.0 Å². The fraction of sp³-hybridized carbons (Fsp3) is 0.350. The highest BCUT2D eigenvalue weighted by Gasteiger charge is 2.20. The quantitative estimate of drug-likeness (QED) is 0.842. The fourth-order valence-corrected chi connectivity index (χ4v) is 2.57. The molecule has 0 aromatic heterocycles. The van der Waals surface area contributed by atoms with Crippen LogP contribution in [0.4, 0.5) is 5.69 Å². The number of ether oxygens (including phenoxy) is 1. The van der Waals surface area contributed by atoms with Crippen LogP contribution in [0, 0.1) is 13.8 Å². The van der Waals surface area contributed by atoms with Crippen LogP contribution in [-0.2, 0) is 11.2 Å². The summed E-state index contributed by atoms with van der Waals surface area (Å²) in [6.45, 7) is 8.04. The largest absolute Gasteiger partial charge is 0.480 e.